The van der Waals surface area contributed by atoms with Gasteiger partial charge in [-0.15, -0.1) is 0 Å². The first-order valence-corrected chi connectivity index (χ1v) is 5.98. The summed E-state index contributed by atoms with van der Waals surface area (Å²) in [5.41, 5.74) is 0.792. The maximum absolute atomic E-state index is 12.6. The van der Waals surface area contributed by atoms with Crippen molar-refractivity contribution in [3.8, 4) is 11.1 Å². The molecule has 0 atom stereocenters. The first-order valence-electron chi connectivity index (χ1n) is 4.90. The molecule has 0 amide bonds. The smallest absolute Gasteiger partial charge is 0.166 e. The number of alkyl halides is 3. The molecule has 0 bridgehead atoms. The summed E-state index contributed by atoms with van der Waals surface area (Å²) in [5.74, 6) is 0. The fourth-order valence-electron chi connectivity index (χ4n) is 1.54. The first-order chi connectivity index (χ1) is 7.98. The molecule has 0 nitrogen and oxygen atoms in total. The van der Waals surface area contributed by atoms with E-state index in [1.807, 2.05) is 40.8 Å². The maximum Gasteiger partial charge on any atom is 0.416 e. The molecule has 2 aromatic carbocycles. The molecule has 0 fully saturated rings. The molecule has 0 radical (unpaired) electrons. The summed E-state index contributed by atoms with van der Waals surface area (Å²) in [6, 6.07) is 12.9. The van der Waals surface area contributed by atoms with Gasteiger partial charge in [-0.2, -0.15) is 13.2 Å². The molecule has 0 heterocycles. The molecule has 0 aromatic heterocycles. The second-order valence-electron chi connectivity index (χ2n) is 3.56. The zero-order valence-corrected chi connectivity index (χ0v) is 10.8. The highest BCUT2D eigenvalue weighted by molar-refractivity contribution is 14.1. The predicted octanol–water partition coefficient (Wildman–Crippen LogP) is 4.98. The van der Waals surface area contributed by atoms with E-state index < -0.39 is 11.7 Å². The van der Waals surface area contributed by atoms with E-state index in [-0.39, 0.29) is 0 Å². The zero-order valence-electron chi connectivity index (χ0n) is 8.63. The Balaban J connectivity index is 2.55. The average molecular weight is 348 g/mol. The molecule has 2 rings (SSSR count). The van der Waals surface area contributed by atoms with Crippen molar-refractivity contribution in [2.24, 2.45) is 0 Å². The van der Waals surface area contributed by atoms with Gasteiger partial charge in [0.1, 0.15) is 0 Å². The minimum atomic E-state index is -4.30. The van der Waals surface area contributed by atoms with Gasteiger partial charge in [-0.05, 0) is 51.9 Å². The Morgan fingerprint density at radius 2 is 1.53 bits per heavy atom. The molecule has 0 aliphatic carbocycles. The Kier molecular flexibility index (Phi) is 3.42. The molecule has 0 aliphatic rings. The average Bonchev–Trinajstić information content (AvgIpc) is 2.29. The third-order valence-corrected chi connectivity index (χ3v) is 3.32. The van der Waals surface area contributed by atoms with Crippen LogP contribution in [0.1, 0.15) is 5.56 Å². The Hall–Kier alpha value is -1.04. The van der Waals surface area contributed by atoms with Crippen molar-refractivity contribution in [3.63, 3.8) is 0 Å². The van der Waals surface area contributed by atoms with Crippen LogP contribution in [0.3, 0.4) is 0 Å². The third-order valence-electron chi connectivity index (χ3n) is 2.38. The van der Waals surface area contributed by atoms with E-state index in [1.165, 1.54) is 12.1 Å². The van der Waals surface area contributed by atoms with Crippen LogP contribution in [-0.2, 0) is 6.18 Å². The standard InChI is InChI=1S/C13H8F3I/c14-13(15,16)10-6-7-12(17)11(8-10)9-4-2-1-3-5-9/h1-8H. The van der Waals surface area contributed by atoms with Crippen LogP contribution in [-0.4, -0.2) is 0 Å². The molecular weight excluding hydrogens is 340 g/mol. The van der Waals surface area contributed by atoms with Crippen LogP contribution >= 0.6 is 22.6 Å². The van der Waals surface area contributed by atoms with Crippen LogP contribution in [0.25, 0.3) is 11.1 Å². The van der Waals surface area contributed by atoms with Gasteiger partial charge in [0, 0.05) is 3.57 Å². The van der Waals surface area contributed by atoms with E-state index >= 15 is 0 Å². The van der Waals surface area contributed by atoms with Gasteiger partial charge in [0.25, 0.3) is 0 Å². The zero-order chi connectivity index (χ0) is 12.5. The van der Waals surface area contributed by atoms with Crippen LogP contribution in [0.5, 0.6) is 0 Å². The van der Waals surface area contributed by atoms with Crippen LogP contribution in [0.2, 0.25) is 0 Å². The van der Waals surface area contributed by atoms with Crippen LogP contribution in [0.15, 0.2) is 48.5 Å². The molecular formula is C13H8F3I. The second kappa shape index (κ2) is 4.68. The van der Waals surface area contributed by atoms with Gasteiger partial charge in [-0.25, -0.2) is 0 Å². The van der Waals surface area contributed by atoms with Gasteiger partial charge in [-0.3, -0.25) is 0 Å². The molecule has 0 saturated carbocycles. The lowest BCUT2D eigenvalue weighted by molar-refractivity contribution is -0.137. The summed E-state index contributed by atoms with van der Waals surface area (Å²) in [4.78, 5) is 0. The van der Waals surface area contributed by atoms with Crippen LogP contribution in [0.4, 0.5) is 13.2 Å². The predicted molar refractivity (Wildman–Crippen MR) is 69.6 cm³/mol. The minimum Gasteiger partial charge on any atom is -0.166 e. The van der Waals surface area contributed by atoms with Gasteiger partial charge in [0.15, 0.2) is 0 Å². The lowest BCUT2D eigenvalue weighted by Crippen LogP contribution is -2.05. The summed E-state index contributed by atoms with van der Waals surface area (Å²) >= 11 is 2.04. The molecule has 17 heavy (non-hydrogen) atoms. The molecule has 0 saturated heterocycles. The number of hydrogen-bond donors (Lipinski definition) is 0. The fourth-order valence-corrected chi connectivity index (χ4v) is 2.19. The van der Waals surface area contributed by atoms with Gasteiger partial charge in [-0.1, -0.05) is 30.3 Å². The lowest BCUT2D eigenvalue weighted by Gasteiger charge is -2.10. The first kappa shape index (κ1) is 12.4. The Bertz CT molecular complexity index is 518. The van der Waals surface area contributed by atoms with Crippen molar-refractivity contribution in [1.82, 2.24) is 0 Å². The summed E-state index contributed by atoms with van der Waals surface area (Å²) in [5, 5.41) is 0. The van der Waals surface area contributed by atoms with Gasteiger partial charge >= 0.3 is 6.18 Å². The van der Waals surface area contributed by atoms with E-state index in [9.17, 15) is 13.2 Å². The minimum absolute atomic E-state index is 0.612. The third kappa shape index (κ3) is 2.80. The molecule has 0 unspecified atom stereocenters. The van der Waals surface area contributed by atoms with Crippen molar-refractivity contribution < 1.29 is 13.2 Å². The SMILES string of the molecule is FC(F)(F)c1ccc(I)c(-c2ccccc2)c1. The van der Waals surface area contributed by atoms with Gasteiger partial charge in [0.2, 0.25) is 0 Å². The number of hydrogen-bond acceptors (Lipinski definition) is 0. The normalized spacial score (nSPS) is 11.5. The highest BCUT2D eigenvalue weighted by atomic mass is 127. The summed E-state index contributed by atoms with van der Waals surface area (Å²) in [7, 11) is 0. The van der Waals surface area contributed by atoms with Crippen LogP contribution < -0.4 is 0 Å². The van der Waals surface area contributed by atoms with Crippen molar-refractivity contribution >= 4 is 22.6 Å². The van der Waals surface area contributed by atoms with E-state index in [4.69, 9.17) is 0 Å². The molecule has 2 aromatic rings. The molecule has 0 spiro atoms. The summed E-state index contributed by atoms with van der Waals surface area (Å²) < 4.78 is 38.6. The highest BCUT2D eigenvalue weighted by Gasteiger charge is 2.30. The maximum atomic E-state index is 12.6. The lowest BCUT2D eigenvalue weighted by atomic mass is 10.0. The van der Waals surface area contributed by atoms with Crippen molar-refractivity contribution in [2.45, 2.75) is 6.18 Å². The van der Waals surface area contributed by atoms with E-state index in [0.29, 0.717) is 5.56 Å². The monoisotopic (exact) mass is 348 g/mol. The van der Waals surface area contributed by atoms with Gasteiger partial charge < -0.3 is 0 Å². The highest BCUT2D eigenvalue weighted by Crippen LogP contribution is 2.34. The molecule has 0 N–H and O–H groups in total. The van der Waals surface area contributed by atoms with Crippen molar-refractivity contribution in [1.29, 1.82) is 0 Å². The van der Waals surface area contributed by atoms with Crippen LogP contribution in [0, 0.1) is 3.57 Å². The second-order valence-corrected chi connectivity index (χ2v) is 4.72. The van der Waals surface area contributed by atoms with Gasteiger partial charge in [0.05, 0.1) is 5.56 Å². The Labute approximate surface area is 111 Å². The van der Waals surface area contributed by atoms with Crippen molar-refractivity contribution in [2.75, 3.05) is 0 Å². The fraction of sp³-hybridized carbons (Fsp3) is 0.0769. The molecule has 0 aliphatic heterocycles. The van der Waals surface area contributed by atoms with Crippen molar-refractivity contribution in [3.05, 3.63) is 57.7 Å². The number of rotatable bonds is 1. The molecule has 88 valence electrons. The molecule has 4 heteroatoms. The van der Waals surface area contributed by atoms with E-state index in [2.05, 4.69) is 0 Å². The Morgan fingerprint density at radius 3 is 2.12 bits per heavy atom. The van der Waals surface area contributed by atoms with E-state index in [1.54, 1.807) is 12.1 Å². The topological polar surface area (TPSA) is 0 Å². The Morgan fingerprint density at radius 1 is 0.882 bits per heavy atom. The summed E-state index contributed by atoms with van der Waals surface area (Å²) in [6.07, 6.45) is -4.30. The number of benzene rings is 2. The number of halogens is 4. The quantitative estimate of drug-likeness (QED) is 0.638. The van der Waals surface area contributed by atoms with E-state index in [0.717, 1.165) is 15.2 Å². The largest absolute Gasteiger partial charge is 0.416 e. The summed E-state index contributed by atoms with van der Waals surface area (Å²) in [6.45, 7) is 0.